The molecule has 0 radical (unpaired) electrons. The van der Waals surface area contributed by atoms with Crippen molar-refractivity contribution in [3.8, 4) is 5.75 Å². The number of fused-ring (bicyclic) bond motifs is 2. The van der Waals surface area contributed by atoms with Crippen LogP contribution in [0, 0.1) is 16.2 Å². The predicted octanol–water partition coefficient (Wildman–Crippen LogP) is 5.01. The molecule has 2 spiro atoms. The summed E-state index contributed by atoms with van der Waals surface area (Å²) in [5.74, 6) is -1.11. The Morgan fingerprint density at radius 2 is 1.77 bits per heavy atom. The Balaban J connectivity index is 1.17. The maximum Gasteiger partial charge on any atom is 0.335 e. The van der Waals surface area contributed by atoms with Gasteiger partial charge in [-0.25, -0.2) is 4.79 Å². The van der Waals surface area contributed by atoms with Crippen LogP contribution in [0.5, 0.6) is 5.75 Å². The summed E-state index contributed by atoms with van der Waals surface area (Å²) >= 11 is 0. The zero-order valence-electron chi connectivity index (χ0n) is 29.4. The number of benzene rings is 2. The number of aromatic hydroxyl groups is 1. The quantitative estimate of drug-likeness (QED) is 0.225. The molecule has 10 rings (SSSR count). The fraction of sp³-hybridized carbons (Fsp3) is 0.405. The molecule has 10 nitrogen and oxygen atoms in total. The fourth-order valence-corrected chi connectivity index (χ4v) is 12.7. The lowest BCUT2D eigenvalue weighted by Crippen LogP contribution is -2.61. The zero-order valence-corrected chi connectivity index (χ0v) is 29.4. The van der Waals surface area contributed by atoms with Crippen LogP contribution in [0.3, 0.4) is 0 Å². The molecule has 3 fully saturated rings. The van der Waals surface area contributed by atoms with E-state index in [9.17, 15) is 19.5 Å². The highest BCUT2D eigenvalue weighted by Crippen LogP contribution is 2.73. The van der Waals surface area contributed by atoms with E-state index in [1.54, 1.807) is 0 Å². The van der Waals surface area contributed by atoms with Gasteiger partial charge in [-0.3, -0.25) is 19.4 Å². The first-order valence-corrected chi connectivity index (χ1v) is 18.2. The molecular formula is C42H42N4O6. The van der Waals surface area contributed by atoms with Gasteiger partial charge in [-0.2, -0.15) is 0 Å². The fourth-order valence-electron chi connectivity index (χ4n) is 12.7. The molecule has 8 atom stereocenters. The first-order valence-electron chi connectivity index (χ1n) is 18.2. The van der Waals surface area contributed by atoms with Gasteiger partial charge in [-0.1, -0.05) is 54.7 Å². The molecule has 2 aliphatic carbocycles. The number of anilines is 2. The van der Waals surface area contributed by atoms with Crippen LogP contribution in [0.25, 0.3) is 0 Å². The van der Waals surface area contributed by atoms with Gasteiger partial charge in [0.1, 0.15) is 5.75 Å². The Morgan fingerprint density at radius 1 is 0.962 bits per heavy atom. The number of rotatable bonds is 5. The van der Waals surface area contributed by atoms with Crippen molar-refractivity contribution in [2.45, 2.75) is 54.6 Å². The minimum Gasteiger partial charge on any atom is -0.508 e. The van der Waals surface area contributed by atoms with E-state index in [0.717, 1.165) is 47.6 Å². The molecule has 10 heteroatoms. The van der Waals surface area contributed by atoms with Crippen LogP contribution in [0.15, 0.2) is 97.3 Å². The van der Waals surface area contributed by atoms with Gasteiger partial charge in [0.05, 0.1) is 31.2 Å². The molecule has 1 saturated carbocycles. The molecule has 2 saturated heterocycles. The normalized spacial score (nSPS) is 38.6. The lowest BCUT2D eigenvalue weighted by molar-refractivity contribution is -0.162. The lowest BCUT2D eigenvalue weighted by atomic mass is 9.56. The number of nitrogens with one attached hydrogen (secondary N) is 2. The van der Waals surface area contributed by atoms with Crippen molar-refractivity contribution < 1.29 is 29.0 Å². The minimum atomic E-state index is -1.48. The maximum atomic E-state index is 14.4. The SMILES string of the molecule is C=C[C@]12C=CCN3CC[C@]4(C(=C(C(=O)OC)C1)Nc1cc(O)c([C@@H]5C=C[C@@]6(C=C)C[C@]7(C(=O)OC)C(=O)Nc8ccccc8[C@@]78CCN5[C@@H]68)cc14)[C@@H]32. The number of hydrogen-bond acceptors (Lipinski definition) is 9. The number of amides is 1. The molecule has 2 aromatic carbocycles. The second-order valence-corrected chi connectivity index (χ2v) is 16.0. The highest BCUT2D eigenvalue weighted by atomic mass is 16.5. The van der Waals surface area contributed by atoms with E-state index in [2.05, 4.69) is 64.0 Å². The molecular weight excluding hydrogens is 656 g/mol. The number of ether oxygens (including phenoxy) is 2. The molecule has 0 bridgehead atoms. The van der Waals surface area contributed by atoms with Gasteiger partial charge < -0.3 is 25.2 Å². The Morgan fingerprint density at radius 3 is 2.54 bits per heavy atom. The van der Waals surface area contributed by atoms with E-state index in [1.807, 2.05) is 42.5 Å². The smallest absolute Gasteiger partial charge is 0.335 e. The maximum absolute atomic E-state index is 14.4. The number of esters is 2. The van der Waals surface area contributed by atoms with Gasteiger partial charge in [-0.15, -0.1) is 13.2 Å². The zero-order chi connectivity index (χ0) is 36.0. The number of phenolic OH excluding ortho intramolecular Hbond substituents is 1. The van der Waals surface area contributed by atoms with Gasteiger partial charge in [-0.05, 0) is 48.9 Å². The van der Waals surface area contributed by atoms with Gasteiger partial charge in [0, 0.05) is 76.7 Å². The molecule has 6 heterocycles. The number of nitrogens with zero attached hydrogens (tertiary/aromatic N) is 2. The van der Waals surface area contributed by atoms with Crippen molar-refractivity contribution in [3.63, 3.8) is 0 Å². The van der Waals surface area contributed by atoms with E-state index >= 15 is 0 Å². The van der Waals surface area contributed by atoms with Crippen LogP contribution in [0.4, 0.5) is 11.4 Å². The summed E-state index contributed by atoms with van der Waals surface area (Å²) in [6, 6.07) is 11.1. The Labute approximate surface area is 302 Å². The van der Waals surface area contributed by atoms with Gasteiger partial charge in [0.15, 0.2) is 5.41 Å². The topological polar surface area (TPSA) is 120 Å². The van der Waals surface area contributed by atoms with Crippen LogP contribution in [0.1, 0.15) is 48.4 Å². The number of phenols is 1. The third kappa shape index (κ3) is 3.29. The molecule has 0 aromatic heterocycles. The van der Waals surface area contributed by atoms with E-state index in [1.165, 1.54) is 14.2 Å². The van der Waals surface area contributed by atoms with Gasteiger partial charge in [0.2, 0.25) is 5.91 Å². The van der Waals surface area contributed by atoms with Crippen molar-refractivity contribution in [2.75, 3.05) is 44.5 Å². The van der Waals surface area contributed by atoms with E-state index in [-0.39, 0.29) is 42.2 Å². The number of methoxy groups -OCH3 is 2. The Kier molecular flexibility index (Phi) is 6.20. The van der Waals surface area contributed by atoms with E-state index in [4.69, 9.17) is 9.47 Å². The summed E-state index contributed by atoms with van der Waals surface area (Å²) in [5.41, 5.74) is 1.55. The summed E-state index contributed by atoms with van der Waals surface area (Å²) in [6.45, 7) is 10.8. The number of para-hydroxylation sites is 1. The average molecular weight is 699 g/mol. The van der Waals surface area contributed by atoms with Crippen molar-refractivity contribution in [1.29, 1.82) is 0 Å². The molecule has 3 N–H and O–H groups in total. The van der Waals surface area contributed by atoms with E-state index in [0.29, 0.717) is 30.6 Å². The highest BCUT2D eigenvalue weighted by Gasteiger charge is 2.80. The summed E-state index contributed by atoms with van der Waals surface area (Å²) < 4.78 is 10.9. The van der Waals surface area contributed by atoms with Crippen LogP contribution in [-0.2, 0) is 34.7 Å². The summed E-state index contributed by atoms with van der Waals surface area (Å²) in [4.78, 5) is 46.8. The summed E-state index contributed by atoms with van der Waals surface area (Å²) in [7, 11) is 2.78. The first-order chi connectivity index (χ1) is 25.1. The highest BCUT2D eigenvalue weighted by molar-refractivity contribution is 6.14. The molecule has 8 aliphatic rings. The summed E-state index contributed by atoms with van der Waals surface area (Å²) in [6.07, 6.45) is 14.6. The molecule has 1 amide bonds. The molecule has 52 heavy (non-hydrogen) atoms. The molecule has 0 unspecified atom stereocenters. The average Bonchev–Trinajstić information content (AvgIpc) is 3.92. The monoisotopic (exact) mass is 698 g/mol. The summed E-state index contributed by atoms with van der Waals surface area (Å²) in [5, 5.41) is 18.7. The predicted molar refractivity (Wildman–Crippen MR) is 194 cm³/mol. The molecule has 6 aliphatic heterocycles. The Hall–Kier alpha value is -4.93. The van der Waals surface area contributed by atoms with Crippen LogP contribution in [0.2, 0.25) is 0 Å². The van der Waals surface area contributed by atoms with Crippen molar-refractivity contribution >= 4 is 29.2 Å². The van der Waals surface area contributed by atoms with Crippen LogP contribution >= 0.6 is 0 Å². The first kappa shape index (κ1) is 31.8. The number of hydrogen-bond donors (Lipinski definition) is 3. The minimum absolute atomic E-state index is 0.0233. The molecule has 2 aromatic rings. The molecule has 266 valence electrons. The Bertz CT molecular complexity index is 2160. The van der Waals surface area contributed by atoms with Crippen LogP contribution in [-0.4, -0.2) is 78.7 Å². The van der Waals surface area contributed by atoms with Crippen molar-refractivity contribution in [1.82, 2.24) is 9.80 Å². The third-order valence-corrected chi connectivity index (χ3v) is 14.5. The van der Waals surface area contributed by atoms with Crippen LogP contribution < -0.4 is 10.6 Å². The second kappa shape index (κ2) is 10.1. The second-order valence-electron chi connectivity index (χ2n) is 16.0. The number of carbonyl (C=O) groups excluding carboxylic acids is 3. The standard InChI is InChI=1S/C42H42N4O6/c1-5-38-13-9-17-45-18-15-40(34(38)45)27-20-24(31(47)21-29(27)43-32(40)25(22-38)33(48)51-3)30-12-14-39(6-2)23-42(37(50)52-4)36(49)44-28-11-8-7-10-26(28)41(42)16-19-46(30)35(39)41/h5-14,20-21,30,34-35,43,47H,1-2,15-19,22-23H2,3-4H3,(H,44,49)/t30-,34-,35-,38-,39-,40-,41+,42+/m0/s1. The third-order valence-electron chi connectivity index (χ3n) is 14.5. The van der Waals surface area contributed by atoms with Crippen molar-refractivity contribution in [3.05, 3.63) is 114 Å². The van der Waals surface area contributed by atoms with Crippen molar-refractivity contribution in [2.24, 2.45) is 16.2 Å². The van der Waals surface area contributed by atoms with Gasteiger partial charge >= 0.3 is 11.9 Å². The number of carbonyl (C=O) groups is 3. The van der Waals surface area contributed by atoms with E-state index < -0.39 is 33.0 Å². The lowest BCUT2D eigenvalue weighted by Gasteiger charge is -2.52. The largest absolute Gasteiger partial charge is 0.508 e. The van der Waals surface area contributed by atoms with Gasteiger partial charge in [0.25, 0.3) is 0 Å².